The summed E-state index contributed by atoms with van der Waals surface area (Å²) in [6.07, 6.45) is 0.955. The molecule has 2 fully saturated rings. The van der Waals surface area contributed by atoms with Crippen molar-refractivity contribution in [1.82, 2.24) is 10.2 Å². The summed E-state index contributed by atoms with van der Waals surface area (Å²) in [4.78, 5) is 13.3. The second-order valence-electron chi connectivity index (χ2n) is 5.74. The van der Waals surface area contributed by atoms with Crippen LogP contribution in [0.5, 0.6) is 0 Å². The number of amides is 1. The first-order valence-corrected chi connectivity index (χ1v) is 7.00. The Bertz CT molecular complexity index is 348. The van der Waals surface area contributed by atoms with E-state index in [0.717, 1.165) is 32.8 Å². The van der Waals surface area contributed by atoms with Crippen molar-refractivity contribution in [3.05, 3.63) is 0 Å². The number of carbonyl (C=O) groups is 1. The van der Waals surface area contributed by atoms with E-state index in [1.54, 1.807) is 0 Å². The molecule has 0 aromatic rings. The zero-order valence-electron chi connectivity index (χ0n) is 11.6. The summed E-state index contributed by atoms with van der Waals surface area (Å²) in [5.41, 5.74) is -2.10. The molecule has 0 bridgehead atoms. The van der Waals surface area contributed by atoms with Gasteiger partial charge in [-0.05, 0) is 12.8 Å². The molecule has 1 N–H and O–H groups in total. The lowest BCUT2D eigenvalue weighted by atomic mass is 9.92. The number of hydrogen-bond donors (Lipinski definition) is 1. The van der Waals surface area contributed by atoms with Crippen molar-refractivity contribution < 1.29 is 22.7 Å². The second-order valence-corrected chi connectivity index (χ2v) is 5.74. The number of halogens is 3. The van der Waals surface area contributed by atoms with Crippen LogP contribution >= 0.6 is 0 Å². The van der Waals surface area contributed by atoms with Crippen molar-refractivity contribution >= 4 is 5.91 Å². The van der Waals surface area contributed by atoms with Crippen LogP contribution < -0.4 is 5.32 Å². The third-order valence-electron chi connectivity index (χ3n) is 4.20. The Morgan fingerprint density at radius 2 is 1.90 bits per heavy atom. The van der Waals surface area contributed by atoms with Crippen molar-refractivity contribution in [3.8, 4) is 0 Å². The summed E-state index contributed by atoms with van der Waals surface area (Å²) in [5.74, 6) is -0.191. The van der Waals surface area contributed by atoms with Crippen LogP contribution in [0.1, 0.15) is 32.1 Å². The van der Waals surface area contributed by atoms with E-state index in [1.165, 1.54) is 11.3 Å². The molecule has 0 atom stereocenters. The highest BCUT2D eigenvalue weighted by molar-refractivity contribution is 5.78. The number of hydrogen-bond acceptors (Lipinski definition) is 3. The van der Waals surface area contributed by atoms with Crippen LogP contribution in [0, 0.1) is 0 Å². The molecule has 0 spiro atoms. The maximum atomic E-state index is 12.8. The first-order chi connectivity index (χ1) is 9.36. The van der Waals surface area contributed by atoms with Crippen molar-refractivity contribution in [3.63, 3.8) is 0 Å². The van der Waals surface area contributed by atoms with Crippen LogP contribution in [-0.4, -0.2) is 55.4 Å². The molecule has 1 saturated heterocycles. The lowest BCUT2D eigenvalue weighted by Gasteiger charge is -2.49. The van der Waals surface area contributed by atoms with E-state index in [-0.39, 0.29) is 31.6 Å². The van der Waals surface area contributed by atoms with Gasteiger partial charge in [0.05, 0.1) is 6.54 Å². The Labute approximate surface area is 116 Å². The molecule has 0 radical (unpaired) electrons. The summed E-state index contributed by atoms with van der Waals surface area (Å²) in [5, 5.41) is 2.90. The normalized spacial score (nSPS) is 24.2. The maximum Gasteiger partial charge on any atom is 0.419 e. The number of nitrogens with zero attached hydrogens (tertiary/aromatic N) is 1. The zero-order valence-corrected chi connectivity index (χ0v) is 11.6. The quantitative estimate of drug-likeness (QED) is 0.858. The van der Waals surface area contributed by atoms with Crippen LogP contribution in [-0.2, 0) is 9.53 Å². The largest absolute Gasteiger partial charge is 0.419 e. The van der Waals surface area contributed by atoms with Gasteiger partial charge in [0.15, 0.2) is 5.60 Å². The summed E-state index contributed by atoms with van der Waals surface area (Å²) in [6.45, 7) is -0.534. The van der Waals surface area contributed by atoms with Crippen molar-refractivity contribution in [2.45, 2.75) is 49.9 Å². The summed E-state index contributed by atoms with van der Waals surface area (Å²) < 4.78 is 43.0. The first-order valence-electron chi connectivity index (χ1n) is 7.00. The minimum absolute atomic E-state index is 0.0116. The van der Waals surface area contributed by atoms with Crippen LogP contribution in [0.4, 0.5) is 13.2 Å². The number of rotatable bonds is 4. The molecule has 0 aromatic heterocycles. The molecule has 0 aromatic carbocycles. The van der Waals surface area contributed by atoms with Crippen LogP contribution in [0.25, 0.3) is 0 Å². The monoisotopic (exact) mass is 294 g/mol. The van der Waals surface area contributed by atoms with Gasteiger partial charge in [-0.25, -0.2) is 0 Å². The smallest absolute Gasteiger partial charge is 0.366 e. The van der Waals surface area contributed by atoms with E-state index >= 15 is 0 Å². The standard InChI is InChI=1S/C13H21F3N2O2/c1-20-12(13(14,15)16)8-18(9-12)7-11(19)17-10-5-3-2-4-6-10/h10H,2-9H2,1H3,(H,17,19). The lowest BCUT2D eigenvalue weighted by Crippen LogP contribution is -2.71. The molecule has 1 amide bonds. The molecular weight excluding hydrogens is 273 g/mol. The minimum atomic E-state index is -4.39. The van der Waals surface area contributed by atoms with Gasteiger partial charge in [0, 0.05) is 26.2 Å². The highest BCUT2D eigenvalue weighted by Crippen LogP contribution is 2.40. The van der Waals surface area contributed by atoms with Gasteiger partial charge in [-0.3, -0.25) is 9.69 Å². The van der Waals surface area contributed by atoms with Gasteiger partial charge in [-0.1, -0.05) is 19.3 Å². The van der Waals surface area contributed by atoms with Gasteiger partial charge in [0.2, 0.25) is 5.91 Å². The van der Waals surface area contributed by atoms with Gasteiger partial charge in [0.25, 0.3) is 0 Å². The molecule has 116 valence electrons. The van der Waals surface area contributed by atoms with Gasteiger partial charge >= 0.3 is 6.18 Å². The van der Waals surface area contributed by atoms with Crippen molar-refractivity contribution in [2.24, 2.45) is 0 Å². The fourth-order valence-corrected chi connectivity index (χ4v) is 2.94. The summed E-state index contributed by atoms with van der Waals surface area (Å²) in [7, 11) is 1.06. The van der Waals surface area contributed by atoms with Gasteiger partial charge in [-0.2, -0.15) is 13.2 Å². The molecule has 20 heavy (non-hydrogen) atoms. The van der Waals surface area contributed by atoms with E-state index in [0.29, 0.717) is 0 Å². The van der Waals surface area contributed by atoms with E-state index in [4.69, 9.17) is 0 Å². The summed E-state index contributed by atoms with van der Waals surface area (Å²) >= 11 is 0. The molecular formula is C13H21F3N2O2. The SMILES string of the molecule is COC1(C(F)(F)F)CN(CC(=O)NC2CCCCC2)C1. The average Bonchev–Trinajstić information content (AvgIpc) is 2.32. The molecule has 1 saturated carbocycles. The topological polar surface area (TPSA) is 41.6 Å². The number of carbonyl (C=O) groups excluding carboxylic acids is 1. The zero-order chi connectivity index (χ0) is 14.8. The average molecular weight is 294 g/mol. The predicted molar refractivity (Wildman–Crippen MR) is 67.3 cm³/mol. The van der Waals surface area contributed by atoms with Crippen LogP contribution in [0.2, 0.25) is 0 Å². The number of alkyl halides is 3. The Morgan fingerprint density at radius 1 is 1.30 bits per heavy atom. The highest BCUT2D eigenvalue weighted by atomic mass is 19.4. The predicted octanol–water partition coefficient (Wildman–Crippen LogP) is 1.70. The third-order valence-corrected chi connectivity index (χ3v) is 4.20. The Hall–Kier alpha value is -0.820. The number of nitrogens with one attached hydrogen (secondary N) is 1. The molecule has 2 aliphatic rings. The second kappa shape index (κ2) is 5.89. The number of methoxy groups -OCH3 is 1. The Kier molecular flexibility index (Phi) is 4.59. The summed E-state index contributed by atoms with van der Waals surface area (Å²) in [6, 6.07) is 0.187. The van der Waals surface area contributed by atoms with E-state index in [2.05, 4.69) is 10.1 Å². The molecule has 4 nitrogen and oxygen atoms in total. The molecule has 0 unspecified atom stereocenters. The number of ether oxygens (including phenoxy) is 1. The fourth-order valence-electron chi connectivity index (χ4n) is 2.94. The van der Waals surface area contributed by atoms with E-state index in [9.17, 15) is 18.0 Å². The maximum absolute atomic E-state index is 12.8. The van der Waals surface area contributed by atoms with E-state index in [1.807, 2.05) is 0 Å². The molecule has 1 aliphatic heterocycles. The third kappa shape index (κ3) is 3.25. The number of likely N-dealkylation sites (tertiary alicyclic amines) is 1. The van der Waals surface area contributed by atoms with Gasteiger partial charge < -0.3 is 10.1 Å². The van der Waals surface area contributed by atoms with Gasteiger partial charge in [0.1, 0.15) is 0 Å². The van der Waals surface area contributed by atoms with Crippen LogP contribution in [0.15, 0.2) is 0 Å². The van der Waals surface area contributed by atoms with Gasteiger partial charge in [-0.15, -0.1) is 0 Å². The molecule has 1 heterocycles. The Balaban J connectivity index is 1.74. The lowest BCUT2D eigenvalue weighted by molar-refractivity contribution is -0.309. The molecule has 7 heteroatoms. The van der Waals surface area contributed by atoms with Crippen LogP contribution in [0.3, 0.4) is 0 Å². The van der Waals surface area contributed by atoms with Crippen molar-refractivity contribution in [2.75, 3.05) is 26.7 Å². The Morgan fingerprint density at radius 3 is 2.40 bits per heavy atom. The van der Waals surface area contributed by atoms with Crippen molar-refractivity contribution in [1.29, 1.82) is 0 Å². The molecule has 1 aliphatic carbocycles. The fraction of sp³-hybridized carbons (Fsp3) is 0.923. The minimum Gasteiger partial charge on any atom is -0.366 e. The first kappa shape index (κ1) is 15.6. The van der Waals surface area contributed by atoms with E-state index < -0.39 is 11.8 Å². The molecule has 2 rings (SSSR count). The highest BCUT2D eigenvalue weighted by Gasteiger charge is 2.62.